The van der Waals surface area contributed by atoms with E-state index in [0.29, 0.717) is 43.7 Å². The minimum absolute atomic E-state index is 0.131. The maximum absolute atomic E-state index is 12.9. The van der Waals surface area contributed by atoms with E-state index in [1.165, 1.54) is 0 Å². The van der Waals surface area contributed by atoms with Crippen LogP contribution in [0, 0.1) is 5.92 Å². The van der Waals surface area contributed by atoms with Crippen LogP contribution in [-0.2, 0) is 11.8 Å². The third-order valence-corrected chi connectivity index (χ3v) is 4.89. The van der Waals surface area contributed by atoms with Gasteiger partial charge in [0.1, 0.15) is 11.3 Å². The van der Waals surface area contributed by atoms with Gasteiger partial charge in [0.25, 0.3) is 5.91 Å². The van der Waals surface area contributed by atoms with Gasteiger partial charge >= 0.3 is 0 Å². The maximum Gasteiger partial charge on any atom is 0.259 e. The zero-order chi connectivity index (χ0) is 18.8. The number of piperidine rings is 1. The van der Waals surface area contributed by atoms with Crippen LogP contribution in [0.2, 0.25) is 0 Å². The fraction of sp³-hybridized carbons (Fsp3) is 0.421. The molecule has 0 bridgehead atoms. The molecule has 138 valence electrons. The molecule has 2 aromatic rings. The van der Waals surface area contributed by atoms with Gasteiger partial charge in [-0.15, -0.1) is 0 Å². The first-order valence-electron chi connectivity index (χ1n) is 8.77. The van der Waals surface area contributed by atoms with Gasteiger partial charge in [0, 0.05) is 32.3 Å². The Balaban J connectivity index is 1.94. The van der Waals surface area contributed by atoms with E-state index in [1.807, 2.05) is 13.0 Å². The van der Waals surface area contributed by atoms with E-state index in [0.717, 1.165) is 5.52 Å². The molecule has 0 aliphatic carbocycles. The number of ether oxygens (including phenoxy) is 1. The number of aromatic nitrogens is 1. The summed E-state index contributed by atoms with van der Waals surface area (Å²) in [7, 11) is 1.80. The average molecular weight is 357 g/mol. The SMILES string of the molecule is CCOc1ccc2c(c1)c(=O)c(C(=O)N1CCC(C(N)=O)CC1)cn2C. The van der Waals surface area contributed by atoms with Gasteiger partial charge in [-0.05, 0) is 38.0 Å². The molecular formula is C19H23N3O4. The Kier molecular flexibility index (Phi) is 4.97. The Labute approximate surface area is 151 Å². The molecule has 7 nitrogen and oxygen atoms in total. The Hall–Kier alpha value is -2.83. The lowest BCUT2D eigenvalue weighted by molar-refractivity contribution is -0.123. The fourth-order valence-electron chi connectivity index (χ4n) is 3.42. The lowest BCUT2D eigenvalue weighted by Gasteiger charge is -2.30. The smallest absolute Gasteiger partial charge is 0.259 e. The molecule has 26 heavy (non-hydrogen) atoms. The molecule has 7 heteroatoms. The molecule has 2 heterocycles. The number of amides is 2. The van der Waals surface area contributed by atoms with Crippen molar-refractivity contribution in [3.8, 4) is 5.75 Å². The third-order valence-electron chi connectivity index (χ3n) is 4.89. The number of carbonyl (C=O) groups excluding carboxylic acids is 2. The van der Waals surface area contributed by atoms with E-state index in [4.69, 9.17) is 10.5 Å². The number of rotatable bonds is 4. The van der Waals surface area contributed by atoms with Gasteiger partial charge in [-0.1, -0.05) is 0 Å². The van der Waals surface area contributed by atoms with E-state index in [-0.39, 0.29) is 28.7 Å². The van der Waals surface area contributed by atoms with Crippen LogP contribution in [-0.4, -0.2) is 41.0 Å². The minimum Gasteiger partial charge on any atom is -0.494 e. The molecule has 0 spiro atoms. The number of hydrogen-bond donors (Lipinski definition) is 1. The van der Waals surface area contributed by atoms with Gasteiger partial charge in [0.15, 0.2) is 0 Å². The van der Waals surface area contributed by atoms with Crippen molar-refractivity contribution in [1.29, 1.82) is 0 Å². The van der Waals surface area contributed by atoms with Gasteiger partial charge in [0.05, 0.1) is 17.5 Å². The zero-order valence-electron chi connectivity index (χ0n) is 15.0. The quantitative estimate of drug-likeness (QED) is 0.892. The second kappa shape index (κ2) is 7.19. The van der Waals surface area contributed by atoms with Crippen molar-refractivity contribution in [2.75, 3.05) is 19.7 Å². The molecule has 1 saturated heterocycles. The van der Waals surface area contributed by atoms with Crippen LogP contribution in [0.3, 0.4) is 0 Å². The summed E-state index contributed by atoms with van der Waals surface area (Å²) < 4.78 is 7.25. The predicted molar refractivity (Wildman–Crippen MR) is 98.2 cm³/mol. The molecule has 1 fully saturated rings. The second-order valence-corrected chi connectivity index (χ2v) is 6.56. The molecule has 2 N–H and O–H groups in total. The number of primary amides is 1. The Bertz CT molecular complexity index is 911. The van der Waals surface area contributed by atoms with Crippen LogP contribution in [0.15, 0.2) is 29.2 Å². The van der Waals surface area contributed by atoms with Gasteiger partial charge in [-0.3, -0.25) is 14.4 Å². The molecule has 0 atom stereocenters. The monoisotopic (exact) mass is 357 g/mol. The highest BCUT2D eigenvalue weighted by molar-refractivity contribution is 5.97. The van der Waals surface area contributed by atoms with Crippen molar-refractivity contribution in [2.24, 2.45) is 18.7 Å². The summed E-state index contributed by atoms with van der Waals surface area (Å²) in [5.41, 5.74) is 5.90. The summed E-state index contributed by atoms with van der Waals surface area (Å²) in [6.45, 7) is 3.22. The number of hydrogen-bond acceptors (Lipinski definition) is 4. The lowest BCUT2D eigenvalue weighted by atomic mass is 9.96. The molecule has 1 aliphatic heterocycles. The molecule has 1 aliphatic rings. The van der Waals surface area contributed by atoms with Gasteiger partial charge in [-0.2, -0.15) is 0 Å². The van der Waals surface area contributed by atoms with Gasteiger partial charge in [-0.25, -0.2) is 0 Å². The summed E-state index contributed by atoms with van der Waals surface area (Å²) in [6.07, 6.45) is 2.64. The van der Waals surface area contributed by atoms with Crippen LogP contribution >= 0.6 is 0 Å². The van der Waals surface area contributed by atoms with Gasteiger partial charge < -0.3 is 19.9 Å². The zero-order valence-corrected chi connectivity index (χ0v) is 15.0. The van der Waals surface area contributed by atoms with E-state index < -0.39 is 0 Å². The summed E-state index contributed by atoms with van der Waals surface area (Å²) >= 11 is 0. The third kappa shape index (κ3) is 3.29. The number of pyridine rings is 1. The summed E-state index contributed by atoms with van der Waals surface area (Å²) in [6, 6.07) is 5.30. The average Bonchev–Trinajstić information content (AvgIpc) is 2.64. The number of aryl methyl sites for hydroxylation is 1. The van der Waals surface area contributed by atoms with Crippen molar-refractivity contribution < 1.29 is 14.3 Å². The predicted octanol–water partition coefficient (Wildman–Crippen LogP) is 1.27. The van der Waals surface area contributed by atoms with E-state index in [1.54, 1.807) is 34.8 Å². The van der Waals surface area contributed by atoms with Crippen molar-refractivity contribution in [3.63, 3.8) is 0 Å². The molecule has 2 amide bonds. The standard InChI is InChI=1S/C19H23N3O4/c1-3-26-13-4-5-16-14(10-13)17(23)15(11-21(16)2)19(25)22-8-6-12(7-9-22)18(20)24/h4-5,10-12H,3,6-9H2,1-2H3,(H2,20,24). The Morgan fingerprint density at radius 2 is 1.96 bits per heavy atom. The first kappa shape index (κ1) is 18.0. The van der Waals surface area contributed by atoms with E-state index in [2.05, 4.69) is 0 Å². The number of nitrogens with zero attached hydrogens (tertiary/aromatic N) is 2. The largest absolute Gasteiger partial charge is 0.494 e. The van der Waals surface area contributed by atoms with Crippen molar-refractivity contribution >= 4 is 22.7 Å². The number of fused-ring (bicyclic) bond motifs is 1. The second-order valence-electron chi connectivity index (χ2n) is 6.56. The van der Waals surface area contributed by atoms with Crippen LogP contribution in [0.5, 0.6) is 5.75 Å². The van der Waals surface area contributed by atoms with Gasteiger partial charge in [0.2, 0.25) is 11.3 Å². The number of nitrogens with two attached hydrogens (primary N) is 1. The molecule has 1 aromatic carbocycles. The maximum atomic E-state index is 12.9. The van der Waals surface area contributed by atoms with Crippen LogP contribution in [0.4, 0.5) is 0 Å². The Morgan fingerprint density at radius 1 is 1.27 bits per heavy atom. The van der Waals surface area contributed by atoms with E-state index >= 15 is 0 Å². The normalized spacial score (nSPS) is 15.2. The highest BCUT2D eigenvalue weighted by Crippen LogP contribution is 2.21. The molecule has 0 unspecified atom stereocenters. The van der Waals surface area contributed by atoms with Crippen LogP contribution in [0.1, 0.15) is 30.1 Å². The highest BCUT2D eigenvalue weighted by atomic mass is 16.5. The minimum atomic E-state index is -0.331. The first-order chi connectivity index (χ1) is 12.4. The number of likely N-dealkylation sites (tertiary alicyclic amines) is 1. The summed E-state index contributed by atoms with van der Waals surface area (Å²) in [5.74, 6) is -0.240. The molecular weight excluding hydrogens is 334 g/mol. The van der Waals surface area contributed by atoms with Crippen molar-refractivity contribution in [3.05, 3.63) is 40.2 Å². The van der Waals surface area contributed by atoms with Crippen molar-refractivity contribution in [2.45, 2.75) is 19.8 Å². The first-order valence-corrected chi connectivity index (χ1v) is 8.77. The summed E-state index contributed by atoms with van der Waals surface area (Å²) in [4.78, 5) is 38.7. The summed E-state index contributed by atoms with van der Waals surface area (Å²) in [5, 5.41) is 0.455. The molecule has 1 aromatic heterocycles. The molecule has 0 saturated carbocycles. The van der Waals surface area contributed by atoms with Crippen molar-refractivity contribution in [1.82, 2.24) is 9.47 Å². The molecule has 3 rings (SSSR count). The number of carbonyl (C=O) groups is 2. The van der Waals surface area contributed by atoms with Crippen LogP contribution in [0.25, 0.3) is 10.9 Å². The van der Waals surface area contributed by atoms with Crippen LogP contribution < -0.4 is 15.9 Å². The molecule has 0 radical (unpaired) electrons. The number of benzene rings is 1. The Morgan fingerprint density at radius 3 is 2.58 bits per heavy atom. The highest BCUT2D eigenvalue weighted by Gasteiger charge is 2.28. The fourth-order valence-corrected chi connectivity index (χ4v) is 3.42. The van der Waals surface area contributed by atoms with E-state index in [9.17, 15) is 14.4 Å². The lowest BCUT2D eigenvalue weighted by Crippen LogP contribution is -2.43. The topological polar surface area (TPSA) is 94.6 Å².